The highest BCUT2D eigenvalue weighted by Gasteiger charge is 2.11. The van der Waals surface area contributed by atoms with Crippen molar-refractivity contribution in [2.75, 3.05) is 24.9 Å². The predicted octanol–water partition coefficient (Wildman–Crippen LogP) is 6.06. The fourth-order valence-corrected chi connectivity index (χ4v) is 3.96. The second-order valence-electron chi connectivity index (χ2n) is 7.04. The number of amides is 2. The highest BCUT2D eigenvalue weighted by molar-refractivity contribution is 7.14. The summed E-state index contributed by atoms with van der Waals surface area (Å²) >= 11 is 1.37. The van der Waals surface area contributed by atoms with E-state index in [-0.39, 0.29) is 0 Å². The van der Waals surface area contributed by atoms with Gasteiger partial charge >= 0.3 is 6.03 Å². The van der Waals surface area contributed by atoms with Crippen molar-refractivity contribution in [2.45, 2.75) is 6.42 Å². The number of aromatic nitrogens is 1. The SMILES string of the molecule is COc1ccc(NC(=O)Nc2nc(-c3ccc(Cc4ccccc4)cc3)cs2)c(OC)c1. The lowest BCUT2D eigenvalue weighted by Gasteiger charge is -2.11. The zero-order chi connectivity index (χ0) is 22.3. The highest BCUT2D eigenvalue weighted by atomic mass is 32.1. The van der Waals surface area contributed by atoms with Gasteiger partial charge in [-0.05, 0) is 29.7 Å². The first kappa shape index (κ1) is 21.4. The number of anilines is 2. The van der Waals surface area contributed by atoms with Gasteiger partial charge in [0.05, 0.1) is 25.6 Å². The van der Waals surface area contributed by atoms with Crippen LogP contribution in [0.5, 0.6) is 11.5 Å². The molecule has 0 bridgehead atoms. The molecule has 1 aromatic heterocycles. The number of rotatable bonds is 7. The van der Waals surface area contributed by atoms with Crippen LogP contribution in [-0.4, -0.2) is 25.2 Å². The molecule has 162 valence electrons. The van der Waals surface area contributed by atoms with Crippen molar-refractivity contribution >= 4 is 28.2 Å². The first-order valence-electron chi connectivity index (χ1n) is 10.0. The van der Waals surface area contributed by atoms with Crippen LogP contribution in [0.1, 0.15) is 11.1 Å². The average Bonchev–Trinajstić information content (AvgIpc) is 3.28. The summed E-state index contributed by atoms with van der Waals surface area (Å²) in [5.74, 6) is 1.15. The molecule has 6 nitrogen and oxygen atoms in total. The zero-order valence-electron chi connectivity index (χ0n) is 17.8. The maximum Gasteiger partial charge on any atom is 0.325 e. The molecule has 0 saturated carbocycles. The average molecular weight is 446 g/mol. The Balaban J connectivity index is 1.39. The number of nitrogens with one attached hydrogen (secondary N) is 2. The fraction of sp³-hybridized carbons (Fsp3) is 0.120. The first-order valence-corrected chi connectivity index (χ1v) is 10.9. The summed E-state index contributed by atoms with van der Waals surface area (Å²) in [7, 11) is 3.11. The molecule has 0 fully saturated rings. The maximum absolute atomic E-state index is 12.4. The standard InChI is InChI=1S/C25H23N3O3S/c1-30-20-12-13-21(23(15-20)31-2)26-24(29)28-25-27-22(16-32-25)19-10-8-18(9-11-19)14-17-6-4-3-5-7-17/h3-13,15-16H,14H2,1-2H3,(H2,26,27,28,29). The zero-order valence-corrected chi connectivity index (χ0v) is 18.6. The van der Waals surface area contributed by atoms with Crippen LogP contribution in [0, 0.1) is 0 Å². The van der Waals surface area contributed by atoms with Crippen LogP contribution < -0.4 is 20.1 Å². The van der Waals surface area contributed by atoms with E-state index in [2.05, 4.69) is 52.0 Å². The molecule has 0 unspecified atom stereocenters. The summed E-state index contributed by atoms with van der Waals surface area (Å²) in [5.41, 5.74) is 4.87. The molecule has 0 aliphatic rings. The van der Waals surface area contributed by atoms with Gasteiger partial charge in [-0.3, -0.25) is 5.32 Å². The van der Waals surface area contributed by atoms with E-state index < -0.39 is 6.03 Å². The Morgan fingerprint density at radius 2 is 1.66 bits per heavy atom. The minimum Gasteiger partial charge on any atom is -0.497 e. The summed E-state index contributed by atoms with van der Waals surface area (Å²) in [6, 6.07) is 23.5. The Bertz CT molecular complexity index is 1190. The number of hydrogen-bond donors (Lipinski definition) is 2. The minimum absolute atomic E-state index is 0.396. The largest absolute Gasteiger partial charge is 0.497 e. The molecule has 2 N–H and O–H groups in total. The van der Waals surface area contributed by atoms with Crippen molar-refractivity contribution < 1.29 is 14.3 Å². The van der Waals surface area contributed by atoms with Crippen LogP contribution in [0.25, 0.3) is 11.3 Å². The van der Waals surface area contributed by atoms with Gasteiger partial charge in [0.1, 0.15) is 11.5 Å². The van der Waals surface area contributed by atoms with Crippen LogP contribution in [0.2, 0.25) is 0 Å². The third-order valence-corrected chi connectivity index (χ3v) is 5.64. The van der Waals surface area contributed by atoms with E-state index in [0.717, 1.165) is 17.7 Å². The fourth-order valence-electron chi connectivity index (χ4n) is 3.24. The number of thiazole rings is 1. The number of carbonyl (C=O) groups is 1. The van der Waals surface area contributed by atoms with Crippen molar-refractivity contribution in [3.05, 3.63) is 89.3 Å². The summed E-state index contributed by atoms with van der Waals surface area (Å²) in [4.78, 5) is 17.0. The number of urea groups is 1. The van der Waals surface area contributed by atoms with Crippen molar-refractivity contribution in [1.82, 2.24) is 4.98 Å². The van der Waals surface area contributed by atoms with Crippen LogP contribution >= 0.6 is 11.3 Å². The molecule has 1 heterocycles. The summed E-state index contributed by atoms with van der Waals surface area (Å²) in [6.07, 6.45) is 0.889. The Hall–Kier alpha value is -3.84. The van der Waals surface area contributed by atoms with E-state index in [4.69, 9.17) is 9.47 Å². The van der Waals surface area contributed by atoms with Crippen LogP contribution in [-0.2, 0) is 6.42 Å². The Kier molecular flexibility index (Phi) is 6.67. The number of hydrogen-bond acceptors (Lipinski definition) is 5. The third kappa shape index (κ3) is 5.25. The predicted molar refractivity (Wildman–Crippen MR) is 129 cm³/mol. The molecule has 0 atom stereocenters. The van der Waals surface area contributed by atoms with Gasteiger partial charge in [-0.15, -0.1) is 11.3 Å². The Labute approximate surface area is 190 Å². The Morgan fingerprint density at radius 3 is 2.38 bits per heavy atom. The van der Waals surface area contributed by atoms with E-state index in [1.165, 1.54) is 29.6 Å². The molecule has 4 aromatic rings. The van der Waals surface area contributed by atoms with Crippen molar-refractivity contribution in [3.8, 4) is 22.8 Å². The lowest BCUT2D eigenvalue weighted by atomic mass is 10.0. The number of ether oxygens (including phenoxy) is 2. The number of carbonyl (C=O) groups excluding carboxylic acids is 1. The third-order valence-electron chi connectivity index (χ3n) is 4.88. The lowest BCUT2D eigenvalue weighted by molar-refractivity contribution is 0.262. The van der Waals surface area contributed by atoms with E-state index in [9.17, 15) is 4.79 Å². The molecule has 0 radical (unpaired) electrons. The van der Waals surface area contributed by atoms with E-state index in [1.807, 2.05) is 23.6 Å². The molecule has 0 aliphatic heterocycles. The molecule has 3 aromatic carbocycles. The van der Waals surface area contributed by atoms with Gasteiger partial charge in [-0.1, -0.05) is 54.6 Å². The summed E-state index contributed by atoms with van der Waals surface area (Å²) in [6.45, 7) is 0. The van der Waals surface area contributed by atoms with Gasteiger partial charge in [0, 0.05) is 17.0 Å². The second kappa shape index (κ2) is 9.98. The quantitative estimate of drug-likeness (QED) is 0.363. The smallest absolute Gasteiger partial charge is 0.325 e. The molecular formula is C25H23N3O3S. The van der Waals surface area contributed by atoms with Gasteiger partial charge in [0.15, 0.2) is 5.13 Å². The minimum atomic E-state index is -0.396. The number of nitrogens with zero attached hydrogens (tertiary/aromatic N) is 1. The second-order valence-corrected chi connectivity index (χ2v) is 7.90. The topological polar surface area (TPSA) is 72.5 Å². The highest BCUT2D eigenvalue weighted by Crippen LogP contribution is 2.30. The summed E-state index contributed by atoms with van der Waals surface area (Å²) in [5, 5.41) is 7.99. The van der Waals surface area contributed by atoms with Crippen LogP contribution in [0.4, 0.5) is 15.6 Å². The number of methoxy groups -OCH3 is 2. The normalized spacial score (nSPS) is 10.4. The van der Waals surface area contributed by atoms with Gasteiger partial charge < -0.3 is 14.8 Å². The molecule has 7 heteroatoms. The Morgan fingerprint density at radius 1 is 0.906 bits per heavy atom. The van der Waals surface area contributed by atoms with Crippen molar-refractivity contribution in [2.24, 2.45) is 0 Å². The lowest BCUT2D eigenvalue weighted by Crippen LogP contribution is -2.19. The van der Waals surface area contributed by atoms with Crippen LogP contribution in [0.15, 0.2) is 78.2 Å². The maximum atomic E-state index is 12.4. The molecule has 32 heavy (non-hydrogen) atoms. The molecule has 0 spiro atoms. The first-order chi connectivity index (χ1) is 15.6. The molecule has 4 rings (SSSR count). The number of benzene rings is 3. The van der Waals surface area contributed by atoms with E-state index in [1.54, 1.807) is 25.3 Å². The van der Waals surface area contributed by atoms with Gasteiger partial charge in [-0.2, -0.15) is 0 Å². The summed E-state index contributed by atoms with van der Waals surface area (Å²) < 4.78 is 10.5. The van der Waals surface area contributed by atoms with E-state index >= 15 is 0 Å². The molecule has 2 amide bonds. The molecule has 0 saturated heterocycles. The van der Waals surface area contributed by atoms with Gasteiger partial charge in [0.25, 0.3) is 0 Å². The van der Waals surface area contributed by atoms with E-state index in [0.29, 0.717) is 22.3 Å². The van der Waals surface area contributed by atoms with Gasteiger partial charge in [-0.25, -0.2) is 9.78 Å². The molecule has 0 aliphatic carbocycles. The van der Waals surface area contributed by atoms with Gasteiger partial charge in [0.2, 0.25) is 0 Å². The van der Waals surface area contributed by atoms with Crippen LogP contribution in [0.3, 0.4) is 0 Å². The van der Waals surface area contributed by atoms with Crippen molar-refractivity contribution in [3.63, 3.8) is 0 Å². The molecular weight excluding hydrogens is 422 g/mol. The monoisotopic (exact) mass is 445 g/mol. The van der Waals surface area contributed by atoms with Crippen molar-refractivity contribution in [1.29, 1.82) is 0 Å².